The number of aliphatic carboxylic acids is 1. The highest BCUT2D eigenvalue weighted by atomic mass is 79.9. The maximum Gasteiger partial charge on any atom is 0.313 e. The highest BCUT2D eigenvalue weighted by molar-refractivity contribution is 9.10. The molecule has 112 valence electrons. The van der Waals surface area contributed by atoms with E-state index < -0.39 is 5.97 Å². The molecule has 1 aliphatic rings. The lowest BCUT2D eigenvalue weighted by atomic mass is 9.85. The predicted molar refractivity (Wildman–Crippen MR) is 83.1 cm³/mol. The van der Waals surface area contributed by atoms with Gasteiger partial charge in [0.2, 0.25) is 0 Å². The van der Waals surface area contributed by atoms with Crippen molar-refractivity contribution >= 4 is 44.7 Å². The van der Waals surface area contributed by atoms with E-state index in [0.717, 1.165) is 12.1 Å². The Labute approximate surface area is 133 Å². The summed E-state index contributed by atoms with van der Waals surface area (Å²) in [5.74, 6) is -0.673. The number of hydrogen-bond acceptors (Lipinski definition) is 3. The Kier molecular flexibility index (Phi) is 4.21. The number of carbonyl (C=O) groups is 1. The van der Waals surface area contributed by atoms with Gasteiger partial charge < -0.3 is 9.67 Å². The molecule has 0 unspecified atom stereocenters. The second-order valence-corrected chi connectivity index (χ2v) is 7.04. The Morgan fingerprint density at radius 1 is 1.52 bits per heavy atom. The van der Waals surface area contributed by atoms with Crippen molar-refractivity contribution in [2.45, 2.75) is 31.0 Å². The smallest absolute Gasteiger partial charge is 0.313 e. The van der Waals surface area contributed by atoms with Crippen LogP contribution in [0.25, 0.3) is 11.0 Å². The summed E-state index contributed by atoms with van der Waals surface area (Å²) >= 11 is 4.39. The molecule has 0 aliphatic heterocycles. The first-order valence-electron chi connectivity index (χ1n) is 6.74. The third-order valence-electron chi connectivity index (χ3n) is 3.75. The van der Waals surface area contributed by atoms with Crippen molar-refractivity contribution in [3.8, 4) is 0 Å². The summed E-state index contributed by atoms with van der Waals surface area (Å²) in [4.78, 5) is 15.2. The molecule has 1 fully saturated rings. The van der Waals surface area contributed by atoms with Gasteiger partial charge >= 0.3 is 5.97 Å². The molecule has 4 nitrogen and oxygen atoms in total. The molecule has 2 aromatic rings. The molecule has 0 atom stereocenters. The van der Waals surface area contributed by atoms with Gasteiger partial charge in [-0.05, 0) is 40.8 Å². The zero-order valence-electron chi connectivity index (χ0n) is 11.2. The Hall–Kier alpha value is -1.08. The molecule has 3 rings (SSSR count). The Morgan fingerprint density at radius 3 is 2.90 bits per heavy atom. The summed E-state index contributed by atoms with van der Waals surface area (Å²) in [5, 5.41) is 9.49. The topological polar surface area (TPSA) is 55.1 Å². The van der Waals surface area contributed by atoms with Crippen molar-refractivity contribution in [2.75, 3.05) is 5.75 Å². The van der Waals surface area contributed by atoms with Gasteiger partial charge in [-0.25, -0.2) is 9.37 Å². The zero-order chi connectivity index (χ0) is 15.0. The van der Waals surface area contributed by atoms with E-state index in [1.54, 1.807) is 6.07 Å². The number of imidazole rings is 1. The predicted octanol–water partition coefficient (Wildman–Crippen LogP) is 3.91. The first kappa shape index (κ1) is 14.8. The Bertz CT molecular complexity index is 700. The van der Waals surface area contributed by atoms with Gasteiger partial charge in [0.05, 0.1) is 21.3 Å². The summed E-state index contributed by atoms with van der Waals surface area (Å²) in [5.41, 5.74) is 1.42. The van der Waals surface area contributed by atoms with Crippen LogP contribution in [0.4, 0.5) is 4.39 Å². The average Bonchev–Trinajstić information content (AvgIpc) is 2.69. The van der Waals surface area contributed by atoms with Gasteiger partial charge in [0.1, 0.15) is 5.82 Å². The fourth-order valence-electron chi connectivity index (χ4n) is 2.44. The zero-order valence-corrected chi connectivity index (χ0v) is 13.6. The minimum Gasteiger partial charge on any atom is -0.481 e. The van der Waals surface area contributed by atoms with Crippen LogP contribution in [0.15, 0.2) is 21.8 Å². The SMILES string of the molecule is O=C(O)CSc1nc2cc(F)c(Br)cc2n1CC1CCC1. The van der Waals surface area contributed by atoms with E-state index >= 15 is 0 Å². The van der Waals surface area contributed by atoms with Crippen molar-refractivity contribution in [2.24, 2.45) is 5.92 Å². The summed E-state index contributed by atoms with van der Waals surface area (Å²) < 4.78 is 16.1. The fourth-order valence-corrected chi connectivity index (χ4v) is 3.52. The molecule has 1 aliphatic carbocycles. The minimum atomic E-state index is -0.880. The number of hydrogen-bond donors (Lipinski definition) is 1. The van der Waals surface area contributed by atoms with E-state index in [-0.39, 0.29) is 11.6 Å². The van der Waals surface area contributed by atoms with Crippen LogP contribution in [-0.4, -0.2) is 26.4 Å². The number of carboxylic acid groups (broad SMARTS) is 1. The minimum absolute atomic E-state index is 0.0440. The summed E-state index contributed by atoms with van der Waals surface area (Å²) in [7, 11) is 0. The van der Waals surface area contributed by atoms with Crippen molar-refractivity contribution in [1.82, 2.24) is 9.55 Å². The van der Waals surface area contributed by atoms with Gasteiger partial charge in [0, 0.05) is 12.6 Å². The monoisotopic (exact) mass is 372 g/mol. The highest BCUT2D eigenvalue weighted by Crippen LogP contribution is 2.33. The molecule has 1 N–H and O–H groups in total. The third-order valence-corrected chi connectivity index (χ3v) is 5.31. The van der Waals surface area contributed by atoms with E-state index in [2.05, 4.69) is 20.9 Å². The number of aromatic nitrogens is 2. The number of nitrogens with zero attached hydrogens (tertiary/aromatic N) is 2. The Morgan fingerprint density at radius 2 is 2.29 bits per heavy atom. The third kappa shape index (κ3) is 3.08. The van der Waals surface area contributed by atoms with Crippen LogP contribution < -0.4 is 0 Å². The molecular formula is C14H14BrFN2O2S. The first-order chi connectivity index (χ1) is 10.0. The molecule has 0 amide bonds. The van der Waals surface area contributed by atoms with Gasteiger partial charge in [-0.1, -0.05) is 18.2 Å². The quantitative estimate of drug-likeness (QED) is 0.808. The van der Waals surface area contributed by atoms with Crippen molar-refractivity contribution in [3.05, 3.63) is 22.4 Å². The van der Waals surface area contributed by atoms with Gasteiger partial charge in [-0.3, -0.25) is 4.79 Å². The maximum absolute atomic E-state index is 13.6. The fraction of sp³-hybridized carbons (Fsp3) is 0.429. The largest absolute Gasteiger partial charge is 0.481 e. The number of benzene rings is 1. The van der Waals surface area contributed by atoms with Gasteiger partial charge in [0.25, 0.3) is 0 Å². The maximum atomic E-state index is 13.6. The number of carboxylic acids is 1. The van der Waals surface area contributed by atoms with Crippen LogP contribution in [0.2, 0.25) is 0 Å². The second kappa shape index (κ2) is 5.96. The van der Waals surface area contributed by atoms with Crippen molar-refractivity contribution in [1.29, 1.82) is 0 Å². The normalized spacial score (nSPS) is 15.3. The van der Waals surface area contributed by atoms with E-state index in [9.17, 15) is 9.18 Å². The molecule has 1 aromatic carbocycles. The molecular weight excluding hydrogens is 359 g/mol. The van der Waals surface area contributed by atoms with Crippen molar-refractivity contribution < 1.29 is 14.3 Å². The summed E-state index contributed by atoms with van der Waals surface area (Å²) in [6.45, 7) is 0.816. The van der Waals surface area contributed by atoms with Crippen LogP contribution in [0.1, 0.15) is 19.3 Å². The van der Waals surface area contributed by atoms with Crippen molar-refractivity contribution in [3.63, 3.8) is 0 Å². The lowest BCUT2D eigenvalue weighted by Crippen LogP contribution is -2.18. The number of fused-ring (bicyclic) bond motifs is 1. The summed E-state index contributed by atoms with van der Waals surface area (Å²) in [6, 6.07) is 3.11. The standard InChI is InChI=1S/C14H14BrFN2O2S/c15-9-4-12-11(5-10(9)16)17-14(21-7-13(19)20)18(12)6-8-2-1-3-8/h4-5,8H,1-3,6-7H2,(H,19,20). The van der Waals surface area contributed by atoms with Crippen LogP contribution in [-0.2, 0) is 11.3 Å². The highest BCUT2D eigenvalue weighted by Gasteiger charge is 2.22. The van der Waals surface area contributed by atoms with Crippen LogP contribution in [0.5, 0.6) is 0 Å². The van der Waals surface area contributed by atoms with Crippen LogP contribution in [0, 0.1) is 11.7 Å². The lowest BCUT2D eigenvalue weighted by molar-refractivity contribution is -0.133. The lowest BCUT2D eigenvalue weighted by Gasteiger charge is -2.26. The van der Waals surface area contributed by atoms with Gasteiger partial charge in [-0.2, -0.15) is 0 Å². The number of rotatable bonds is 5. The molecule has 0 radical (unpaired) electrons. The van der Waals surface area contributed by atoms with E-state index in [1.807, 2.05) is 4.57 Å². The molecule has 1 heterocycles. The molecule has 1 saturated carbocycles. The number of thioether (sulfide) groups is 1. The Balaban J connectivity index is 2.01. The van der Waals surface area contributed by atoms with Crippen LogP contribution in [0.3, 0.4) is 0 Å². The first-order valence-corrected chi connectivity index (χ1v) is 8.52. The molecule has 0 bridgehead atoms. The molecule has 1 aromatic heterocycles. The van der Waals surface area contributed by atoms with E-state index in [1.165, 1.54) is 37.1 Å². The van der Waals surface area contributed by atoms with Gasteiger partial charge in [0.15, 0.2) is 5.16 Å². The van der Waals surface area contributed by atoms with Crippen LogP contribution >= 0.6 is 27.7 Å². The number of halogens is 2. The van der Waals surface area contributed by atoms with E-state index in [0.29, 0.717) is 21.1 Å². The van der Waals surface area contributed by atoms with E-state index in [4.69, 9.17) is 5.11 Å². The molecule has 0 spiro atoms. The molecule has 0 saturated heterocycles. The molecule has 21 heavy (non-hydrogen) atoms. The second-order valence-electron chi connectivity index (χ2n) is 5.24. The summed E-state index contributed by atoms with van der Waals surface area (Å²) in [6.07, 6.45) is 3.61. The average molecular weight is 373 g/mol. The molecule has 7 heteroatoms. The van der Waals surface area contributed by atoms with Gasteiger partial charge in [-0.15, -0.1) is 0 Å².